The van der Waals surface area contributed by atoms with E-state index in [1.165, 1.54) is 20.1 Å². The molecule has 21 atom stereocenters. The smallest absolute Gasteiger partial charge is 0.308 e. The molecule has 0 aromatic rings. The Labute approximate surface area is 371 Å². The van der Waals surface area contributed by atoms with Gasteiger partial charge in [-0.15, -0.1) is 0 Å². The van der Waals surface area contributed by atoms with Crippen LogP contribution >= 0.6 is 0 Å². The quantitative estimate of drug-likeness (QED) is 0.119. The zero-order chi connectivity index (χ0) is 47.1. The van der Waals surface area contributed by atoms with E-state index in [1.807, 2.05) is 6.92 Å². The van der Waals surface area contributed by atoms with Gasteiger partial charge in [0.05, 0.1) is 55.2 Å². The summed E-state index contributed by atoms with van der Waals surface area (Å²) >= 11 is 0. The number of ether oxygens (including phenoxy) is 8. The first-order chi connectivity index (χ1) is 29.5. The average molecular weight is 902 g/mol. The number of rotatable bonds is 12. The first-order valence-electron chi connectivity index (χ1n) is 22.3. The summed E-state index contributed by atoms with van der Waals surface area (Å²) < 4.78 is 48.3. The highest BCUT2D eigenvalue weighted by atomic mass is 16.7. The second-order valence-corrected chi connectivity index (χ2v) is 18.5. The number of allylic oxidation sites excluding steroid dienone is 3. The first-order valence-corrected chi connectivity index (χ1v) is 22.3. The molecule has 4 aliphatic rings. The number of carbonyl (C=O) groups excluding carboxylic acids is 3. The van der Waals surface area contributed by atoms with E-state index in [4.69, 9.17) is 37.9 Å². The lowest BCUT2D eigenvalue weighted by Gasteiger charge is -2.50. The fourth-order valence-corrected chi connectivity index (χ4v) is 9.28. The molecule has 4 heterocycles. The summed E-state index contributed by atoms with van der Waals surface area (Å²) in [5.41, 5.74) is -0.845. The number of aliphatic hydroxyl groups excluding tert-OH is 5. The van der Waals surface area contributed by atoms with Gasteiger partial charge in [0.1, 0.15) is 49.0 Å². The molecule has 0 aromatic carbocycles. The Morgan fingerprint density at radius 2 is 1.54 bits per heavy atom. The van der Waals surface area contributed by atoms with Crippen molar-refractivity contribution in [3.8, 4) is 0 Å². The molecule has 4 rings (SSSR count). The van der Waals surface area contributed by atoms with Crippen LogP contribution in [-0.4, -0.2) is 185 Å². The van der Waals surface area contributed by atoms with Gasteiger partial charge in [-0.3, -0.25) is 9.59 Å². The van der Waals surface area contributed by atoms with Crippen LogP contribution in [-0.2, 0) is 52.3 Å². The fraction of sp³-hybridized carbons (Fsp3) is 0.844. The zero-order valence-corrected chi connectivity index (χ0v) is 38.7. The van der Waals surface area contributed by atoms with Crippen LogP contribution in [0, 0.1) is 23.7 Å². The van der Waals surface area contributed by atoms with Gasteiger partial charge in [0, 0.05) is 37.7 Å². The highest BCUT2D eigenvalue weighted by Gasteiger charge is 2.51. The van der Waals surface area contributed by atoms with Crippen molar-refractivity contribution in [2.75, 3.05) is 27.8 Å². The molecule has 0 aliphatic carbocycles. The van der Waals surface area contributed by atoms with E-state index in [2.05, 4.69) is 0 Å². The molecule has 18 nitrogen and oxygen atoms in total. The van der Waals surface area contributed by atoms with Crippen molar-refractivity contribution in [2.45, 2.75) is 191 Å². The molecule has 18 heteroatoms. The maximum Gasteiger partial charge on any atom is 0.308 e. The largest absolute Gasteiger partial charge is 0.462 e. The van der Waals surface area contributed by atoms with E-state index in [9.17, 15) is 45.0 Å². The van der Waals surface area contributed by atoms with Crippen molar-refractivity contribution in [1.82, 2.24) is 4.90 Å². The average Bonchev–Trinajstić information content (AvgIpc) is 3.21. The predicted octanol–water partition coefficient (Wildman–Crippen LogP) is 1.18. The molecule has 6 N–H and O–H groups in total. The van der Waals surface area contributed by atoms with Crippen molar-refractivity contribution >= 4 is 18.0 Å². The summed E-state index contributed by atoms with van der Waals surface area (Å²) in [6.45, 7) is 13.4. The SMILES string of the molecule is CC[C@H]1OC(=O)C[C@@H](O)[C@H](C)[C@@H](OC2OC(C)C(OC3CC(C)(O)C(O)C(C)O3)C(N(C)C)C2O)[C@@H](CC=O)C[C@@H](C)C(=O)/C=C/C(C)=C/[C@@H]1COC1OC(C)C(O)C(OC)C1O. The van der Waals surface area contributed by atoms with Crippen molar-refractivity contribution < 1.29 is 82.9 Å². The van der Waals surface area contributed by atoms with Gasteiger partial charge >= 0.3 is 5.97 Å². The van der Waals surface area contributed by atoms with Crippen LogP contribution < -0.4 is 0 Å². The maximum absolute atomic E-state index is 13.7. The number of cyclic esters (lactones) is 1. The first kappa shape index (κ1) is 53.3. The molecule has 0 radical (unpaired) electrons. The molecule has 4 aliphatic heterocycles. The summed E-state index contributed by atoms with van der Waals surface area (Å²) in [4.78, 5) is 41.4. The van der Waals surface area contributed by atoms with Crippen LogP contribution in [0.15, 0.2) is 23.8 Å². The third-order valence-corrected chi connectivity index (χ3v) is 13.2. The van der Waals surface area contributed by atoms with Gasteiger partial charge in [0.25, 0.3) is 0 Å². The number of aliphatic hydroxyl groups is 6. The number of ketones is 1. The third-order valence-electron chi connectivity index (χ3n) is 13.2. The van der Waals surface area contributed by atoms with Crippen molar-refractivity contribution in [2.24, 2.45) is 23.7 Å². The van der Waals surface area contributed by atoms with E-state index < -0.39 is 140 Å². The second kappa shape index (κ2) is 23.5. The van der Waals surface area contributed by atoms with E-state index in [0.717, 1.165) is 0 Å². The van der Waals surface area contributed by atoms with E-state index >= 15 is 0 Å². The summed E-state index contributed by atoms with van der Waals surface area (Å²) in [6.07, 6.45) is -10.0. The van der Waals surface area contributed by atoms with Crippen molar-refractivity contribution in [3.05, 3.63) is 23.8 Å². The number of hydrogen-bond acceptors (Lipinski definition) is 18. The lowest BCUT2D eigenvalue weighted by molar-refractivity contribution is -0.341. The maximum atomic E-state index is 13.7. The van der Waals surface area contributed by atoms with Crippen LogP contribution in [0.1, 0.15) is 87.5 Å². The molecule has 63 heavy (non-hydrogen) atoms. The molecule has 3 saturated heterocycles. The number of carbonyl (C=O) groups is 3. The van der Waals surface area contributed by atoms with Crippen LogP contribution in [0.25, 0.3) is 0 Å². The molecule has 0 bridgehead atoms. The number of esters is 1. The highest BCUT2D eigenvalue weighted by molar-refractivity contribution is 5.91. The van der Waals surface area contributed by atoms with Gasteiger partial charge < -0.3 is 78.2 Å². The zero-order valence-electron chi connectivity index (χ0n) is 38.7. The minimum absolute atomic E-state index is 0.0412. The standard InChI is InChI=1S/C45H75NO17/c1-12-32-29(21-57-43-38(53)41(56-11)36(51)25(5)59-43)17-22(2)13-14-30(48)23(3)18-28(15-16-47)39(24(4)31(49)19-33(50)61-32)63-44-37(52)35(46(9)10)40(26(6)60-44)62-34-20-45(8,55)42(54)27(7)58-34/h13-14,16-17,23-29,31-32,34-44,49,51-55H,12,15,18-21H2,1-11H3/b14-13+,22-17+/t23-,24+,25?,26?,27?,28+,29-,31-,32-,34?,35?,36?,37?,38?,39-,40?,41?,42?,43?,44?,45?/m1/s1. The highest BCUT2D eigenvalue weighted by Crippen LogP contribution is 2.37. The Kier molecular flexibility index (Phi) is 19.9. The Bertz CT molecular complexity index is 1540. The number of nitrogens with zero attached hydrogens (tertiary/aromatic N) is 1. The van der Waals surface area contributed by atoms with Crippen LogP contribution in [0.5, 0.6) is 0 Å². The second-order valence-electron chi connectivity index (χ2n) is 18.5. The van der Waals surface area contributed by atoms with E-state index in [1.54, 1.807) is 72.7 Å². The lowest BCUT2D eigenvalue weighted by Crippen LogP contribution is -2.65. The van der Waals surface area contributed by atoms with Gasteiger partial charge in [0.15, 0.2) is 24.7 Å². The monoisotopic (exact) mass is 902 g/mol. The molecular formula is C45H75NO17. The summed E-state index contributed by atoms with van der Waals surface area (Å²) in [6, 6.07) is -0.755. The molecule has 14 unspecified atom stereocenters. The molecule has 0 aromatic heterocycles. The van der Waals surface area contributed by atoms with Gasteiger partial charge in [0.2, 0.25) is 0 Å². The lowest BCUT2D eigenvalue weighted by atomic mass is 9.79. The summed E-state index contributed by atoms with van der Waals surface area (Å²) in [5, 5.41) is 66.4. The Hall–Kier alpha value is -2.27. The fourth-order valence-electron chi connectivity index (χ4n) is 9.28. The molecule has 0 spiro atoms. The Balaban J connectivity index is 1.61. The van der Waals surface area contributed by atoms with Crippen LogP contribution in [0.4, 0.5) is 0 Å². The summed E-state index contributed by atoms with van der Waals surface area (Å²) in [7, 11) is 4.86. The minimum atomic E-state index is -1.49. The summed E-state index contributed by atoms with van der Waals surface area (Å²) in [5.74, 6) is -3.73. The molecule has 0 saturated carbocycles. The number of likely N-dealkylation sites (N-methyl/N-ethyl adjacent to an activating group) is 1. The number of methoxy groups -OCH3 is 1. The number of hydrogen-bond donors (Lipinski definition) is 6. The topological polar surface area (TPSA) is 250 Å². The van der Waals surface area contributed by atoms with Gasteiger partial charge in [-0.2, -0.15) is 0 Å². The van der Waals surface area contributed by atoms with Crippen molar-refractivity contribution in [3.63, 3.8) is 0 Å². The Morgan fingerprint density at radius 3 is 2.14 bits per heavy atom. The van der Waals surface area contributed by atoms with Gasteiger partial charge in [-0.25, -0.2) is 0 Å². The van der Waals surface area contributed by atoms with E-state index in [-0.39, 0.29) is 31.7 Å². The van der Waals surface area contributed by atoms with Crippen LogP contribution in [0.3, 0.4) is 0 Å². The molecule has 0 amide bonds. The van der Waals surface area contributed by atoms with Crippen molar-refractivity contribution in [1.29, 1.82) is 0 Å². The molecular weight excluding hydrogens is 826 g/mol. The minimum Gasteiger partial charge on any atom is -0.462 e. The van der Waals surface area contributed by atoms with Gasteiger partial charge in [-0.1, -0.05) is 38.5 Å². The third kappa shape index (κ3) is 13.4. The van der Waals surface area contributed by atoms with E-state index in [0.29, 0.717) is 18.3 Å². The van der Waals surface area contributed by atoms with Gasteiger partial charge in [-0.05, 0) is 73.5 Å². The number of aldehydes is 1. The predicted molar refractivity (Wildman–Crippen MR) is 226 cm³/mol. The Morgan fingerprint density at radius 1 is 0.873 bits per heavy atom. The van der Waals surface area contributed by atoms with Crippen LogP contribution in [0.2, 0.25) is 0 Å². The normalized spacial score (nSPS) is 46.5. The molecule has 362 valence electrons. The molecule has 3 fully saturated rings.